The number of hydrogen-bond donors (Lipinski definition) is 1. The van der Waals surface area contributed by atoms with E-state index in [1.807, 2.05) is 33.8 Å². The zero-order valence-corrected chi connectivity index (χ0v) is 21.5. The molecule has 7 heteroatoms. The second-order valence-corrected chi connectivity index (χ2v) is 10.2. The molecule has 2 amide bonds. The lowest BCUT2D eigenvalue weighted by Crippen LogP contribution is -2.49. The Hall–Kier alpha value is -1.69. The Labute approximate surface area is 206 Å². The van der Waals surface area contributed by atoms with Crippen molar-refractivity contribution in [1.29, 1.82) is 0 Å². The largest absolute Gasteiger partial charge is 0.354 e. The number of rotatable bonds is 11. The van der Waals surface area contributed by atoms with E-state index in [2.05, 4.69) is 29.6 Å². The summed E-state index contributed by atoms with van der Waals surface area (Å²) in [6.07, 6.45) is 0.851. The molecule has 1 N–H and O–H groups in total. The molecule has 0 unspecified atom stereocenters. The lowest BCUT2D eigenvalue weighted by Gasteiger charge is -2.31. The summed E-state index contributed by atoms with van der Waals surface area (Å²) in [5.41, 5.74) is 1.97. The molecule has 0 fully saturated rings. The second-order valence-electron chi connectivity index (χ2n) is 8.23. The molecule has 0 heterocycles. The Bertz CT molecular complexity index is 903. The van der Waals surface area contributed by atoms with Gasteiger partial charge in [-0.3, -0.25) is 9.59 Å². The summed E-state index contributed by atoms with van der Waals surface area (Å²) in [4.78, 5) is 29.0. The fourth-order valence-electron chi connectivity index (χ4n) is 3.21. The van der Waals surface area contributed by atoms with Gasteiger partial charge in [0.2, 0.25) is 11.8 Å². The molecule has 0 aliphatic heterocycles. The van der Waals surface area contributed by atoms with Gasteiger partial charge in [0.1, 0.15) is 6.04 Å². The van der Waals surface area contributed by atoms with Crippen LogP contribution in [0.15, 0.2) is 47.4 Å². The number of thioether (sulfide) groups is 1. The normalized spacial score (nSPS) is 12.0. The van der Waals surface area contributed by atoms with Gasteiger partial charge in [-0.15, -0.1) is 11.8 Å². The number of amides is 2. The van der Waals surface area contributed by atoms with Gasteiger partial charge in [-0.1, -0.05) is 67.7 Å². The van der Waals surface area contributed by atoms with E-state index in [1.165, 1.54) is 5.56 Å². The van der Waals surface area contributed by atoms with E-state index in [0.29, 0.717) is 41.1 Å². The quantitative estimate of drug-likeness (QED) is 0.369. The molecule has 0 aromatic heterocycles. The molecule has 2 rings (SSSR count). The highest BCUT2D eigenvalue weighted by Crippen LogP contribution is 2.25. The number of nitrogens with one attached hydrogen (secondary N) is 1. The number of carbonyl (C=O) groups excluding carboxylic acids is 2. The van der Waals surface area contributed by atoms with Crippen LogP contribution in [0.5, 0.6) is 0 Å². The van der Waals surface area contributed by atoms with Crippen LogP contribution < -0.4 is 5.32 Å². The summed E-state index contributed by atoms with van der Waals surface area (Å²) in [6.45, 7) is 8.89. The van der Waals surface area contributed by atoms with Crippen molar-refractivity contribution < 1.29 is 9.59 Å². The van der Waals surface area contributed by atoms with Crippen molar-refractivity contribution in [3.63, 3.8) is 0 Å². The maximum absolute atomic E-state index is 13.3. The summed E-state index contributed by atoms with van der Waals surface area (Å²) in [7, 11) is 0. The maximum Gasteiger partial charge on any atom is 0.242 e. The van der Waals surface area contributed by atoms with Crippen LogP contribution in [0.25, 0.3) is 0 Å². The summed E-state index contributed by atoms with van der Waals surface area (Å²) < 4.78 is 0. The number of aryl methyl sites for hydroxylation is 1. The van der Waals surface area contributed by atoms with Crippen molar-refractivity contribution in [3.8, 4) is 0 Å². The van der Waals surface area contributed by atoms with E-state index in [1.54, 1.807) is 28.8 Å². The molecule has 1 atom stereocenters. The molecule has 0 radical (unpaired) electrons. The lowest BCUT2D eigenvalue weighted by molar-refractivity contribution is -0.141. The molecule has 32 heavy (non-hydrogen) atoms. The predicted molar refractivity (Wildman–Crippen MR) is 135 cm³/mol. The van der Waals surface area contributed by atoms with Crippen LogP contribution >= 0.6 is 35.0 Å². The second kappa shape index (κ2) is 13.1. The van der Waals surface area contributed by atoms with Crippen molar-refractivity contribution in [2.24, 2.45) is 5.92 Å². The number of hydrogen-bond acceptors (Lipinski definition) is 3. The zero-order chi connectivity index (χ0) is 23.7. The van der Waals surface area contributed by atoms with Gasteiger partial charge in [0, 0.05) is 40.2 Å². The number of carbonyl (C=O) groups is 2. The fourth-order valence-corrected chi connectivity index (χ4v) is 4.52. The topological polar surface area (TPSA) is 49.4 Å². The maximum atomic E-state index is 13.3. The molecule has 4 nitrogen and oxygen atoms in total. The lowest BCUT2D eigenvalue weighted by atomic mass is 10.1. The predicted octanol–water partition coefficient (Wildman–Crippen LogP) is 6.36. The van der Waals surface area contributed by atoms with Crippen molar-refractivity contribution in [1.82, 2.24) is 10.2 Å². The van der Waals surface area contributed by atoms with Crippen LogP contribution in [0.2, 0.25) is 10.0 Å². The van der Waals surface area contributed by atoms with E-state index >= 15 is 0 Å². The molecule has 0 saturated heterocycles. The fraction of sp³-hybridized carbons (Fsp3) is 0.440. The van der Waals surface area contributed by atoms with Crippen molar-refractivity contribution >= 4 is 46.8 Å². The van der Waals surface area contributed by atoms with Gasteiger partial charge in [-0.2, -0.15) is 0 Å². The summed E-state index contributed by atoms with van der Waals surface area (Å²) in [5.74, 6) is 0.766. The highest BCUT2D eigenvalue weighted by Gasteiger charge is 2.29. The molecule has 174 valence electrons. The van der Waals surface area contributed by atoms with Gasteiger partial charge in [0.05, 0.1) is 0 Å². The molecule has 0 aliphatic rings. The van der Waals surface area contributed by atoms with E-state index in [0.717, 1.165) is 10.5 Å². The van der Waals surface area contributed by atoms with Crippen LogP contribution in [0.1, 0.15) is 44.7 Å². The monoisotopic (exact) mass is 494 g/mol. The van der Waals surface area contributed by atoms with E-state index < -0.39 is 6.04 Å². The first-order valence-electron chi connectivity index (χ1n) is 10.9. The standard InChI is InChI=1S/C25H32Cl2N2O2S/c1-5-23(25(31)28-15-17(2)3)29(16-19-8-9-20(26)14-22(19)27)24(30)12-13-32-21-10-6-18(4)7-11-21/h6-11,14,17,23H,5,12-13,15-16H2,1-4H3,(H,28,31)/t23-/m0/s1. The molecular formula is C25H32Cl2N2O2S. The SMILES string of the molecule is CC[C@@H](C(=O)NCC(C)C)N(Cc1ccc(Cl)cc1Cl)C(=O)CCSc1ccc(C)cc1. The third-order valence-electron chi connectivity index (χ3n) is 5.03. The number of benzene rings is 2. The molecule has 0 aliphatic carbocycles. The minimum absolute atomic E-state index is 0.0674. The Balaban J connectivity index is 2.15. The molecule has 2 aromatic rings. The minimum Gasteiger partial charge on any atom is -0.354 e. The van der Waals surface area contributed by atoms with Gasteiger partial charge >= 0.3 is 0 Å². The van der Waals surface area contributed by atoms with Crippen molar-refractivity contribution in [2.75, 3.05) is 12.3 Å². The summed E-state index contributed by atoms with van der Waals surface area (Å²) in [5, 5.41) is 4.00. The Morgan fingerprint density at radius 3 is 2.38 bits per heavy atom. The van der Waals surface area contributed by atoms with Crippen molar-refractivity contribution in [3.05, 3.63) is 63.6 Å². The first-order chi connectivity index (χ1) is 15.2. The van der Waals surface area contributed by atoms with Crippen LogP contribution in [0, 0.1) is 12.8 Å². The highest BCUT2D eigenvalue weighted by atomic mass is 35.5. The number of halogens is 2. The van der Waals surface area contributed by atoms with Gasteiger partial charge in [-0.05, 0) is 49.1 Å². The van der Waals surface area contributed by atoms with Gasteiger partial charge < -0.3 is 10.2 Å². The first kappa shape index (κ1) is 26.6. The molecule has 0 saturated carbocycles. The molecule has 0 bridgehead atoms. The van der Waals surface area contributed by atoms with Crippen molar-refractivity contribution in [2.45, 2.75) is 58.0 Å². The van der Waals surface area contributed by atoms with Crippen LogP contribution in [-0.4, -0.2) is 35.1 Å². The van der Waals surface area contributed by atoms with Gasteiger partial charge in [0.15, 0.2) is 0 Å². The van der Waals surface area contributed by atoms with Gasteiger partial charge in [0.25, 0.3) is 0 Å². The van der Waals surface area contributed by atoms with E-state index in [-0.39, 0.29) is 18.4 Å². The average Bonchev–Trinajstić information content (AvgIpc) is 2.74. The molecule has 2 aromatic carbocycles. The highest BCUT2D eigenvalue weighted by molar-refractivity contribution is 7.99. The zero-order valence-electron chi connectivity index (χ0n) is 19.2. The first-order valence-corrected chi connectivity index (χ1v) is 12.7. The third kappa shape index (κ3) is 8.34. The summed E-state index contributed by atoms with van der Waals surface area (Å²) >= 11 is 14.0. The summed E-state index contributed by atoms with van der Waals surface area (Å²) in [6, 6.07) is 12.9. The van der Waals surface area contributed by atoms with Crippen LogP contribution in [0.3, 0.4) is 0 Å². The van der Waals surface area contributed by atoms with Gasteiger partial charge in [-0.25, -0.2) is 0 Å². The molecule has 0 spiro atoms. The third-order valence-corrected chi connectivity index (χ3v) is 6.63. The number of nitrogens with zero attached hydrogens (tertiary/aromatic N) is 1. The molecular weight excluding hydrogens is 463 g/mol. The smallest absolute Gasteiger partial charge is 0.242 e. The minimum atomic E-state index is -0.558. The van der Waals surface area contributed by atoms with Crippen LogP contribution in [0.4, 0.5) is 0 Å². The van der Waals surface area contributed by atoms with E-state index in [9.17, 15) is 9.59 Å². The Morgan fingerprint density at radius 1 is 1.09 bits per heavy atom. The Morgan fingerprint density at radius 2 is 1.78 bits per heavy atom. The van der Waals surface area contributed by atoms with Crippen LogP contribution in [-0.2, 0) is 16.1 Å². The average molecular weight is 496 g/mol. The Kier molecular flexibility index (Phi) is 10.9. The van der Waals surface area contributed by atoms with E-state index in [4.69, 9.17) is 23.2 Å².